The summed E-state index contributed by atoms with van der Waals surface area (Å²) in [5.74, 6) is -0.902. The van der Waals surface area contributed by atoms with Crippen LogP contribution in [0.2, 0.25) is 0 Å². The minimum Gasteiger partial charge on any atom is -0.243 e. The molecule has 0 spiro atoms. The third kappa shape index (κ3) is 6.25. The van der Waals surface area contributed by atoms with E-state index in [0.717, 1.165) is 41.9 Å². The van der Waals surface area contributed by atoms with E-state index in [4.69, 9.17) is 0 Å². The van der Waals surface area contributed by atoms with Crippen molar-refractivity contribution in [3.8, 4) is 0 Å². The Labute approximate surface area is 138 Å². The summed E-state index contributed by atoms with van der Waals surface area (Å²) in [5.41, 5.74) is 0.852. The van der Waals surface area contributed by atoms with Crippen LogP contribution in [0.3, 0.4) is 0 Å². The highest BCUT2D eigenvalue weighted by atomic mass is 79.9. The van der Waals surface area contributed by atoms with E-state index in [1.165, 1.54) is 0 Å². The van der Waals surface area contributed by atoms with Crippen LogP contribution < -0.4 is 0 Å². The van der Waals surface area contributed by atoms with Gasteiger partial charge in [-0.1, -0.05) is 29.4 Å². The van der Waals surface area contributed by atoms with Crippen LogP contribution in [0.5, 0.6) is 0 Å². The second-order valence-corrected chi connectivity index (χ2v) is 6.01. The molecule has 1 aliphatic carbocycles. The van der Waals surface area contributed by atoms with Gasteiger partial charge in [0, 0.05) is 16.6 Å². The monoisotopic (exact) mass is 427 g/mol. The van der Waals surface area contributed by atoms with E-state index in [2.05, 4.69) is 53.4 Å². The SMILES string of the molecule is C=CN=C(N=CC(Br)=N/C(=C(/Br)CC)C1CC1)C(F)(F)F. The van der Waals surface area contributed by atoms with Gasteiger partial charge in [0.2, 0.25) is 5.84 Å². The first-order chi connectivity index (χ1) is 9.79. The Bertz CT molecular complexity index is 515. The number of hydrogen-bond donors (Lipinski definition) is 0. The summed E-state index contributed by atoms with van der Waals surface area (Å²) < 4.78 is 38.9. The fourth-order valence-electron chi connectivity index (χ4n) is 1.44. The van der Waals surface area contributed by atoms with Gasteiger partial charge >= 0.3 is 6.18 Å². The highest BCUT2D eigenvalue weighted by Crippen LogP contribution is 2.40. The first kappa shape index (κ1) is 18.3. The van der Waals surface area contributed by atoms with Crippen molar-refractivity contribution in [2.24, 2.45) is 20.9 Å². The van der Waals surface area contributed by atoms with Crippen LogP contribution in [0.15, 0.2) is 37.9 Å². The van der Waals surface area contributed by atoms with Crippen LogP contribution in [-0.4, -0.2) is 22.8 Å². The van der Waals surface area contributed by atoms with Gasteiger partial charge in [-0.15, -0.1) is 0 Å². The molecule has 1 saturated carbocycles. The second-order valence-electron chi connectivity index (χ2n) is 4.24. The fourth-order valence-corrected chi connectivity index (χ4v) is 2.14. The molecule has 0 radical (unpaired) electrons. The molecule has 1 rings (SSSR count). The van der Waals surface area contributed by atoms with Crippen LogP contribution in [0.1, 0.15) is 26.2 Å². The van der Waals surface area contributed by atoms with Gasteiger partial charge in [-0.3, -0.25) is 0 Å². The number of halogens is 5. The standard InChI is InChI=1S/C13H14Br2F3N3/c1-3-9(14)11(8-5-6-8)21-10(15)7-20-12(19-4-2)13(16,17)18/h4,7-8H,2-3,5-6H2,1H3/b11-9+,19-12?,20-7?,21-10?. The molecule has 0 saturated heterocycles. The third-order valence-electron chi connectivity index (χ3n) is 2.54. The number of aliphatic imine (C=N–C) groups is 3. The molecule has 3 nitrogen and oxygen atoms in total. The first-order valence-corrected chi connectivity index (χ1v) is 7.80. The first-order valence-electron chi connectivity index (χ1n) is 6.22. The Morgan fingerprint density at radius 1 is 1.33 bits per heavy atom. The molecular formula is C13H14Br2F3N3. The van der Waals surface area contributed by atoms with Gasteiger partial charge in [0.15, 0.2) is 0 Å². The maximum absolute atomic E-state index is 12.6. The van der Waals surface area contributed by atoms with Crippen LogP contribution in [-0.2, 0) is 0 Å². The van der Waals surface area contributed by atoms with Gasteiger partial charge in [-0.25, -0.2) is 15.0 Å². The lowest BCUT2D eigenvalue weighted by Crippen LogP contribution is -2.21. The normalized spacial score (nSPS) is 19.0. The summed E-state index contributed by atoms with van der Waals surface area (Å²) in [6.07, 6.45) is 0.0202. The van der Waals surface area contributed by atoms with Gasteiger partial charge in [0.05, 0.1) is 11.9 Å². The van der Waals surface area contributed by atoms with Crippen LogP contribution in [0.4, 0.5) is 13.2 Å². The molecule has 1 fully saturated rings. The molecule has 0 atom stereocenters. The summed E-state index contributed by atoms with van der Waals surface area (Å²) in [6, 6.07) is 0. The highest BCUT2D eigenvalue weighted by Gasteiger charge is 2.35. The molecule has 0 N–H and O–H groups in total. The number of hydrogen-bond acceptors (Lipinski definition) is 2. The zero-order chi connectivity index (χ0) is 16.0. The molecule has 8 heteroatoms. The van der Waals surface area contributed by atoms with Crippen molar-refractivity contribution in [3.63, 3.8) is 0 Å². The number of amidine groups is 1. The molecule has 0 heterocycles. The Morgan fingerprint density at radius 2 is 1.95 bits per heavy atom. The predicted molar refractivity (Wildman–Crippen MR) is 87.5 cm³/mol. The van der Waals surface area contributed by atoms with Gasteiger partial charge in [-0.05, 0) is 35.2 Å². The molecule has 0 unspecified atom stereocenters. The minimum absolute atomic E-state index is 0.218. The lowest BCUT2D eigenvalue weighted by Gasteiger charge is -2.05. The predicted octanol–water partition coefficient (Wildman–Crippen LogP) is 5.38. The van der Waals surface area contributed by atoms with Crippen molar-refractivity contribution < 1.29 is 13.2 Å². The van der Waals surface area contributed by atoms with E-state index in [-0.39, 0.29) is 4.62 Å². The van der Waals surface area contributed by atoms with Crippen molar-refractivity contribution in [3.05, 3.63) is 23.0 Å². The quantitative estimate of drug-likeness (QED) is 0.416. The van der Waals surface area contributed by atoms with Crippen LogP contribution >= 0.6 is 31.9 Å². The van der Waals surface area contributed by atoms with Crippen LogP contribution in [0, 0.1) is 5.92 Å². The largest absolute Gasteiger partial charge is 0.451 e. The second kappa shape index (κ2) is 8.03. The summed E-state index contributed by atoms with van der Waals surface area (Å²) >= 11 is 6.56. The van der Waals surface area contributed by atoms with Gasteiger partial charge < -0.3 is 0 Å². The summed E-state index contributed by atoms with van der Waals surface area (Å²) in [6.45, 7) is 5.11. The van der Waals surface area contributed by atoms with E-state index < -0.39 is 12.0 Å². The molecule has 0 aromatic rings. The van der Waals surface area contributed by atoms with E-state index in [1.54, 1.807) is 0 Å². The zero-order valence-electron chi connectivity index (χ0n) is 11.3. The topological polar surface area (TPSA) is 37.1 Å². The van der Waals surface area contributed by atoms with Crippen molar-refractivity contribution in [1.82, 2.24) is 0 Å². The Kier molecular flexibility index (Phi) is 6.99. The highest BCUT2D eigenvalue weighted by molar-refractivity contribution is 9.19. The number of allylic oxidation sites excluding steroid dienone is 2. The fraction of sp³-hybridized carbons (Fsp3) is 0.462. The number of alkyl halides is 3. The summed E-state index contributed by atoms with van der Waals surface area (Å²) in [4.78, 5) is 10.7. The lowest BCUT2D eigenvalue weighted by atomic mass is 10.2. The lowest BCUT2D eigenvalue weighted by molar-refractivity contribution is -0.0596. The average molecular weight is 429 g/mol. The van der Waals surface area contributed by atoms with Crippen molar-refractivity contribution in [2.45, 2.75) is 32.4 Å². The van der Waals surface area contributed by atoms with Gasteiger partial charge in [-0.2, -0.15) is 13.2 Å². The molecule has 1 aliphatic rings. The van der Waals surface area contributed by atoms with E-state index in [1.807, 2.05) is 6.92 Å². The third-order valence-corrected chi connectivity index (χ3v) is 3.89. The maximum atomic E-state index is 12.6. The van der Waals surface area contributed by atoms with E-state index in [0.29, 0.717) is 5.92 Å². The summed E-state index contributed by atoms with van der Waals surface area (Å²) in [7, 11) is 0. The van der Waals surface area contributed by atoms with E-state index in [9.17, 15) is 13.2 Å². The smallest absolute Gasteiger partial charge is 0.243 e. The summed E-state index contributed by atoms with van der Waals surface area (Å²) in [5, 5.41) is 0. The number of nitrogens with zero attached hydrogens (tertiary/aromatic N) is 3. The zero-order valence-corrected chi connectivity index (χ0v) is 14.5. The maximum Gasteiger partial charge on any atom is 0.451 e. The molecule has 0 bridgehead atoms. The molecule has 21 heavy (non-hydrogen) atoms. The van der Waals surface area contributed by atoms with Crippen molar-refractivity contribution in [1.29, 1.82) is 0 Å². The minimum atomic E-state index is -4.63. The van der Waals surface area contributed by atoms with Crippen molar-refractivity contribution >= 4 is 48.5 Å². The molecule has 0 amide bonds. The molecular weight excluding hydrogens is 415 g/mol. The van der Waals surface area contributed by atoms with Crippen LogP contribution in [0.25, 0.3) is 0 Å². The number of rotatable bonds is 5. The van der Waals surface area contributed by atoms with Gasteiger partial charge in [0.25, 0.3) is 0 Å². The average Bonchev–Trinajstić information content (AvgIpc) is 3.22. The molecule has 0 aliphatic heterocycles. The molecule has 0 aromatic carbocycles. The van der Waals surface area contributed by atoms with Gasteiger partial charge in [0.1, 0.15) is 4.62 Å². The molecule has 116 valence electrons. The Hall–Kier alpha value is -0.760. The Balaban J connectivity index is 2.95. The van der Waals surface area contributed by atoms with E-state index >= 15 is 0 Å². The molecule has 0 aromatic heterocycles. The Morgan fingerprint density at radius 3 is 2.38 bits per heavy atom. The van der Waals surface area contributed by atoms with Crippen molar-refractivity contribution in [2.75, 3.05) is 0 Å².